The average molecular weight is 373 g/mol. The molecule has 0 aliphatic heterocycles. The van der Waals surface area contributed by atoms with Gasteiger partial charge in [-0.3, -0.25) is 4.79 Å². The minimum atomic E-state index is -0.965. The lowest BCUT2D eigenvalue weighted by molar-refractivity contribution is 0.0286. The molecule has 1 aromatic heterocycles. The minimum Gasteiger partial charge on any atom is -0.449 e. The van der Waals surface area contributed by atoms with Crippen LogP contribution in [0.15, 0.2) is 52.9 Å². The minimum absolute atomic E-state index is 0.0452. The molecule has 1 heterocycles. The number of methoxy groups -OCH3 is 1. The summed E-state index contributed by atoms with van der Waals surface area (Å²) in [4.78, 5) is 25.0. The third-order valence-electron chi connectivity index (χ3n) is 3.95. The molecular formula is C20H17ClO5. The lowest BCUT2D eigenvalue weighted by Gasteiger charge is -2.12. The van der Waals surface area contributed by atoms with Gasteiger partial charge in [-0.05, 0) is 37.3 Å². The number of esters is 1. The molecule has 1 atom stereocenters. The van der Waals surface area contributed by atoms with Crippen LogP contribution in [0.5, 0.6) is 0 Å². The van der Waals surface area contributed by atoms with Gasteiger partial charge in [-0.15, -0.1) is 0 Å². The lowest BCUT2D eigenvalue weighted by Crippen LogP contribution is -2.24. The third-order valence-corrected chi connectivity index (χ3v) is 4.21. The molecule has 0 amide bonds. The highest BCUT2D eigenvalue weighted by Crippen LogP contribution is 2.27. The standard InChI is InChI=1S/C20H17ClO5/c1-12(18(22)13-7-9-14(21)10-8-13)25-20(23)19-16(11-24-2)15-5-3-4-6-17(15)26-19/h3-10,12H,11H2,1-2H3/t12-/m1/s1. The van der Waals surface area contributed by atoms with Crippen molar-refractivity contribution in [2.45, 2.75) is 19.6 Å². The van der Waals surface area contributed by atoms with Gasteiger partial charge in [0.15, 0.2) is 6.10 Å². The first-order valence-corrected chi connectivity index (χ1v) is 8.39. The Bertz CT molecular complexity index is 942. The molecule has 0 N–H and O–H groups in total. The molecule has 0 unspecified atom stereocenters. The van der Waals surface area contributed by atoms with Crippen molar-refractivity contribution in [3.63, 3.8) is 0 Å². The SMILES string of the molecule is COCc1c(C(=O)O[C@H](C)C(=O)c2ccc(Cl)cc2)oc2ccccc12. The van der Waals surface area contributed by atoms with Crippen LogP contribution in [-0.4, -0.2) is 25.0 Å². The van der Waals surface area contributed by atoms with Gasteiger partial charge < -0.3 is 13.9 Å². The molecule has 0 bridgehead atoms. The number of Topliss-reactive ketones (excluding diaryl/α,β-unsaturated/α-hetero) is 1. The Morgan fingerprint density at radius 2 is 1.81 bits per heavy atom. The number of para-hydroxylation sites is 1. The maximum absolute atomic E-state index is 12.6. The van der Waals surface area contributed by atoms with Gasteiger partial charge in [0.1, 0.15) is 5.58 Å². The van der Waals surface area contributed by atoms with Crippen LogP contribution in [0.25, 0.3) is 11.0 Å². The summed E-state index contributed by atoms with van der Waals surface area (Å²) in [7, 11) is 1.53. The zero-order valence-electron chi connectivity index (χ0n) is 14.3. The highest BCUT2D eigenvalue weighted by Gasteiger charge is 2.26. The van der Waals surface area contributed by atoms with E-state index in [-0.39, 0.29) is 18.2 Å². The second kappa shape index (κ2) is 7.72. The zero-order valence-corrected chi connectivity index (χ0v) is 15.1. The summed E-state index contributed by atoms with van der Waals surface area (Å²) in [5.41, 5.74) is 1.57. The van der Waals surface area contributed by atoms with E-state index in [1.54, 1.807) is 30.3 Å². The highest BCUT2D eigenvalue weighted by atomic mass is 35.5. The maximum Gasteiger partial charge on any atom is 0.375 e. The predicted octanol–water partition coefficient (Wildman–Crippen LogP) is 4.66. The van der Waals surface area contributed by atoms with Crippen LogP contribution >= 0.6 is 11.6 Å². The number of carbonyl (C=O) groups excluding carboxylic acids is 2. The summed E-state index contributed by atoms with van der Waals surface area (Å²) in [6.45, 7) is 1.72. The Labute approximate surface area is 155 Å². The van der Waals surface area contributed by atoms with Crippen molar-refractivity contribution < 1.29 is 23.5 Å². The first-order chi connectivity index (χ1) is 12.5. The van der Waals surface area contributed by atoms with E-state index in [1.165, 1.54) is 14.0 Å². The van der Waals surface area contributed by atoms with E-state index in [9.17, 15) is 9.59 Å². The Hall–Kier alpha value is -2.63. The summed E-state index contributed by atoms with van der Waals surface area (Å²) in [5.74, 6) is -0.980. The number of furan rings is 1. The molecule has 134 valence electrons. The summed E-state index contributed by atoms with van der Waals surface area (Å²) in [6.07, 6.45) is -0.965. The van der Waals surface area contributed by atoms with Crippen LogP contribution < -0.4 is 0 Å². The predicted molar refractivity (Wildman–Crippen MR) is 97.6 cm³/mol. The molecule has 0 radical (unpaired) electrons. The van der Waals surface area contributed by atoms with Gasteiger partial charge in [-0.2, -0.15) is 0 Å². The van der Waals surface area contributed by atoms with E-state index in [0.29, 0.717) is 21.7 Å². The van der Waals surface area contributed by atoms with Crippen LogP contribution in [0.3, 0.4) is 0 Å². The van der Waals surface area contributed by atoms with Crippen molar-refractivity contribution in [3.05, 3.63) is 70.4 Å². The average Bonchev–Trinajstić information content (AvgIpc) is 3.01. The van der Waals surface area contributed by atoms with E-state index in [4.69, 9.17) is 25.5 Å². The van der Waals surface area contributed by atoms with E-state index in [0.717, 1.165) is 5.39 Å². The molecule has 0 saturated heterocycles. The number of carbonyl (C=O) groups is 2. The van der Waals surface area contributed by atoms with Crippen molar-refractivity contribution in [1.29, 1.82) is 0 Å². The molecule has 5 nitrogen and oxygen atoms in total. The summed E-state index contributed by atoms with van der Waals surface area (Å²) < 4.78 is 16.1. The van der Waals surface area contributed by atoms with Crippen molar-refractivity contribution in [2.75, 3.05) is 7.11 Å². The first-order valence-electron chi connectivity index (χ1n) is 8.01. The van der Waals surface area contributed by atoms with Gasteiger partial charge in [0.25, 0.3) is 0 Å². The summed E-state index contributed by atoms with van der Waals surface area (Å²) in [5, 5.41) is 1.30. The maximum atomic E-state index is 12.6. The number of fused-ring (bicyclic) bond motifs is 1. The molecule has 6 heteroatoms. The lowest BCUT2D eigenvalue weighted by atomic mass is 10.1. The van der Waals surface area contributed by atoms with E-state index in [1.807, 2.05) is 18.2 Å². The van der Waals surface area contributed by atoms with E-state index < -0.39 is 12.1 Å². The van der Waals surface area contributed by atoms with Gasteiger partial charge in [0, 0.05) is 28.6 Å². The third kappa shape index (κ3) is 3.64. The monoisotopic (exact) mass is 372 g/mol. The number of ketones is 1. The second-order valence-corrected chi connectivity index (χ2v) is 6.19. The fourth-order valence-corrected chi connectivity index (χ4v) is 2.79. The number of hydrogen-bond acceptors (Lipinski definition) is 5. The van der Waals surface area contributed by atoms with Crippen molar-refractivity contribution in [2.24, 2.45) is 0 Å². The Morgan fingerprint density at radius 1 is 1.12 bits per heavy atom. The van der Waals surface area contributed by atoms with Crippen molar-refractivity contribution in [3.8, 4) is 0 Å². The summed E-state index contributed by atoms with van der Waals surface area (Å²) in [6, 6.07) is 13.7. The molecule has 0 spiro atoms. The van der Waals surface area contributed by atoms with Gasteiger partial charge in [-0.25, -0.2) is 4.79 Å². The molecular weight excluding hydrogens is 356 g/mol. The first kappa shape index (κ1) is 18.2. The molecule has 0 aliphatic rings. The van der Waals surface area contributed by atoms with Crippen molar-refractivity contribution in [1.82, 2.24) is 0 Å². The number of ether oxygens (including phenoxy) is 2. The fraction of sp³-hybridized carbons (Fsp3) is 0.200. The highest BCUT2D eigenvalue weighted by molar-refractivity contribution is 6.30. The van der Waals surface area contributed by atoms with Crippen LogP contribution in [0.1, 0.15) is 33.4 Å². The molecule has 0 aliphatic carbocycles. The zero-order chi connectivity index (χ0) is 18.7. The van der Waals surface area contributed by atoms with Crippen LogP contribution in [0.4, 0.5) is 0 Å². The fourth-order valence-electron chi connectivity index (χ4n) is 2.67. The van der Waals surface area contributed by atoms with Gasteiger partial charge in [0.2, 0.25) is 11.5 Å². The molecule has 0 saturated carbocycles. The normalized spacial score (nSPS) is 12.1. The summed E-state index contributed by atoms with van der Waals surface area (Å²) >= 11 is 5.83. The number of benzene rings is 2. The van der Waals surface area contributed by atoms with Crippen molar-refractivity contribution >= 4 is 34.3 Å². The van der Waals surface area contributed by atoms with Gasteiger partial charge in [0.05, 0.1) is 6.61 Å². The Balaban J connectivity index is 1.83. The molecule has 2 aromatic carbocycles. The Kier molecular flexibility index (Phi) is 5.40. The van der Waals surface area contributed by atoms with E-state index in [2.05, 4.69) is 0 Å². The largest absolute Gasteiger partial charge is 0.449 e. The van der Waals surface area contributed by atoms with Crippen LogP contribution in [0.2, 0.25) is 5.02 Å². The number of halogens is 1. The van der Waals surface area contributed by atoms with Gasteiger partial charge >= 0.3 is 5.97 Å². The second-order valence-electron chi connectivity index (χ2n) is 5.76. The van der Waals surface area contributed by atoms with E-state index >= 15 is 0 Å². The quantitative estimate of drug-likeness (QED) is 0.465. The number of hydrogen-bond donors (Lipinski definition) is 0. The Morgan fingerprint density at radius 3 is 2.50 bits per heavy atom. The molecule has 26 heavy (non-hydrogen) atoms. The molecule has 3 aromatic rings. The molecule has 0 fully saturated rings. The van der Waals surface area contributed by atoms with Crippen LogP contribution in [-0.2, 0) is 16.1 Å². The smallest absolute Gasteiger partial charge is 0.375 e. The molecule has 3 rings (SSSR count). The van der Waals surface area contributed by atoms with Crippen LogP contribution in [0, 0.1) is 0 Å². The topological polar surface area (TPSA) is 65.7 Å². The van der Waals surface area contributed by atoms with Gasteiger partial charge in [-0.1, -0.05) is 29.8 Å². The number of rotatable bonds is 6.